The van der Waals surface area contributed by atoms with Crippen LogP contribution in [0.2, 0.25) is 0 Å². The van der Waals surface area contributed by atoms with Crippen LogP contribution in [0.4, 0.5) is 11.4 Å². The minimum absolute atomic E-state index is 0.0313. The zero-order valence-corrected chi connectivity index (χ0v) is 20.0. The molecule has 1 aliphatic rings. The normalized spacial score (nSPS) is 17.3. The Hall–Kier alpha value is -2.87. The molecular weight excluding hydrogens is 424 g/mol. The average molecular weight is 455 g/mol. The van der Waals surface area contributed by atoms with Crippen molar-refractivity contribution in [1.29, 1.82) is 0 Å². The Morgan fingerprint density at radius 2 is 2.03 bits per heavy atom. The summed E-state index contributed by atoms with van der Waals surface area (Å²) in [5.74, 6) is 0.395. The summed E-state index contributed by atoms with van der Waals surface area (Å²) in [4.78, 5) is 25.7. The highest BCUT2D eigenvalue weighted by atomic mass is 32.2. The molecule has 0 saturated heterocycles. The van der Waals surface area contributed by atoms with Crippen molar-refractivity contribution in [2.45, 2.75) is 57.4 Å². The highest BCUT2D eigenvalue weighted by Crippen LogP contribution is 2.44. The Morgan fingerprint density at radius 3 is 2.66 bits per heavy atom. The second kappa shape index (κ2) is 9.73. The number of nitro groups is 1. The van der Waals surface area contributed by atoms with E-state index < -0.39 is 4.92 Å². The van der Waals surface area contributed by atoms with Gasteiger partial charge in [0.25, 0.3) is 5.69 Å². The predicted molar refractivity (Wildman–Crippen MR) is 131 cm³/mol. The molecule has 0 fully saturated rings. The number of hydrazone groups is 1. The van der Waals surface area contributed by atoms with Crippen LogP contribution in [-0.4, -0.2) is 34.9 Å². The Balaban J connectivity index is 1.63. The van der Waals surface area contributed by atoms with Crippen molar-refractivity contribution in [1.82, 2.24) is 5.43 Å². The molecule has 1 amide bonds. The maximum absolute atomic E-state index is 12.1. The van der Waals surface area contributed by atoms with Gasteiger partial charge in [0, 0.05) is 34.8 Å². The van der Waals surface area contributed by atoms with Crippen molar-refractivity contribution >= 4 is 35.3 Å². The van der Waals surface area contributed by atoms with Crippen LogP contribution in [0.25, 0.3) is 0 Å². The highest BCUT2D eigenvalue weighted by Gasteiger charge is 2.35. The fraction of sp³-hybridized carbons (Fsp3) is 0.417. The number of hydrogen-bond acceptors (Lipinski definition) is 6. The largest absolute Gasteiger partial charge is 0.366 e. The van der Waals surface area contributed by atoms with Crippen LogP contribution in [0.3, 0.4) is 0 Å². The third-order valence-electron chi connectivity index (χ3n) is 5.90. The summed E-state index contributed by atoms with van der Waals surface area (Å²) in [6.07, 6.45) is 2.79. The maximum Gasteiger partial charge on any atom is 0.269 e. The number of carbonyl (C=O) groups excluding carboxylic acids is 1. The van der Waals surface area contributed by atoms with Gasteiger partial charge in [0.05, 0.1) is 16.9 Å². The van der Waals surface area contributed by atoms with Gasteiger partial charge in [-0.3, -0.25) is 14.9 Å². The molecule has 1 N–H and O–H groups in total. The van der Waals surface area contributed by atoms with Gasteiger partial charge in [0.1, 0.15) is 0 Å². The van der Waals surface area contributed by atoms with E-state index >= 15 is 0 Å². The minimum atomic E-state index is -0.444. The lowest BCUT2D eigenvalue weighted by atomic mass is 9.79. The number of hydrogen-bond donors (Lipinski definition) is 1. The first-order valence-corrected chi connectivity index (χ1v) is 11.7. The van der Waals surface area contributed by atoms with Gasteiger partial charge in [0.2, 0.25) is 5.91 Å². The maximum atomic E-state index is 12.1. The molecule has 1 aliphatic heterocycles. The number of carbonyl (C=O) groups is 1. The van der Waals surface area contributed by atoms with Gasteiger partial charge in [-0.1, -0.05) is 6.92 Å². The van der Waals surface area contributed by atoms with E-state index in [9.17, 15) is 14.9 Å². The van der Waals surface area contributed by atoms with E-state index in [1.165, 1.54) is 35.1 Å². The molecule has 0 bridgehead atoms. The molecule has 7 nitrogen and oxygen atoms in total. The summed E-state index contributed by atoms with van der Waals surface area (Å²) in [6.45, 7) is 12.1. The molecule has 0 saturated carbocycles. The van der Waals surface area contributed by atoms with E-state index in [2.05, 4.69) is 62.2 Å². The van der Waals surface area contributed by atoms with Crippen LogP contribution < -0.4 is 10.3 Å². The fourth-order valence-electron chi connectivity index (χ4n) is 4.41. The standard InChI is InChI=1S/C24H30N4O3S/c1-6-27-22-11-16(2)18(12-21(22)17(3)13-24(27,4)5)14-25-26-23(29)15-32-20-9-7-19(8-10-20)28(30)31/h7-12,14,17H,6,13,15H2,1-5H3,(H,26,29)/b25-14-/t17-/m1/s1. The van der Waals surface area contributed by atoms with Crippen LogP contribution in [0.1, 0.15) is 56.7 Å². The second-order valence-corrected chi connectivity index (χ2v) is 9.81. The van der Waals surface area contributed by atoms with Gasteiger partial charge in [0.15, 0.2) is 0 Å². The zero-order chi connectivity index (χ0) is 23.5. The van der Waals surface area contributed by atoms with Crippen LogP contribution in [0, 0.1) is 17.0 Å². The lowest BCUT2D eigenvalue weighted by Crippen LogP contribution is -2.48. The zero-order valence-electron chi connectivity index (χ0n) is 19.2. The monoisotopic (exact) mass is 454 g/mol. The Bertz CT molecular complexity index is 1030. The molecule has 0 aromatic heterocycles. The molecule has 0 unspecified atom stereocenters. The minimum Gasteiger partial charge on any atom is -0.366 e. The number of thioether (sulfide) groups is 1. The van der Waals surface area contributed by atoms with Crippen molar-refractivity contribution in [3.05, 3.63) is 63.2 Å². The average Bonchev–Trinajstić information content (AvgIpc) is 2.73. The lowest BCUT2D eigenvalue weighted by Gasteiger charge is -2.47. The molecule has 8 heteroatoms. The van der Waals surface area contributed by atoms with Crippen LogP contribution in [0.5, 0.6) is 0 Å². The lowest BCUT2D eigenvalue weighted by molar-refractivity contribution is -0.384. The summed E-state index contributed by atoms with van der Waals surface area (Å²) in [6, 6.07) is 10.5. The Labute approximate surface area is 193 Å². The molecule has 0 radical (unpaired) electrons. The number of nitro benzene ring substituents is 1. The molecular formula is C24H30N4O3S. The fourth-order valence-corrected chi connectivity index (χ4v) is 5.10. The van der Waals surface area contributed by atoms with E-state index in [-0.39, 0.29) is 22.9 Å². The SMILES string of the molecule is CCN1c2cc(C)c(/C=N\NC(=O)CSc3ccc([N+](=O)[O-])cc3)cc2[C@H](C)CC1(C)C. The number of anilines is 1. The first-order valence-electron chi connectivity index (χ1n) is 10.7. The third kappa shape index (κ3) is 5.30. The Kier molecular flexibility index (Phi) is 7.23. The number of non-ortho nitro benzene ring substituents is 1. The van der Waals surface area contributed by atoms with Gasteiger partial charge in [-0.05, 0) is 81.0 Å². The number of nitrogens with one attached hydrogen (secondary N) is 1. The van der Waals surface area contributed by atoms with Crippen molar-refractivity contribution in [2.75, 3.05) is 17.2 Å². The van der Waals surface area contributed by atoms with Crippen LogP contribution >= 0.6 is 11.8 Å². The van der Waals surface area contributed by atoms with E-state index in [1.807, 2.05) is 0 Å². The molecule has 170 valence electrons. The van der Waals surface area contributed by atoms with E-state index in [0.29, 0.717) is 5.92 Å². The van der Waals surface area contributed by atoms with Gasteiger partial charge >= 0.3 is 0 Å². The molecule has 0 spiro atoms. The van der Waals surface area contributed by atoms with Gasteiger partial charge < -0.3 is 4.90 Å². The number of nitrogens with zero attached hydrogens (tertiary/aromatic N) is 3. The van der Waals surface area contributed by atoms with Gasteiger partial charge in [-0.2, -0.15) is 5.10 Å². The number of rotatable bonds is 7. The summed E-state index contributed by atoms with van der Waals surface area (Å²) in [7, 11) is 0. The topological polar surface area (TPSA) is 87.8 Å². The number of benzene rings is 2. The van der Waals surface area contributed by atoms with Crippen molar-refractivity contribution in [2.24, 2.45) is 5.10 Å². The van der Waals surface area contributed by atoms with Crippen molar-refractivity contribution < 1.29 is 9.72 Å². The highest BCUT2D eigenvalue weighted by molar-refractivity contribution is 8.00. The predicted octanol–water partition coefficient (Wildman–Crippen LogP) is 5.26. The number of fused-ring (bicyclic) bond motifs is 1. The van der Waals surface area contributed by atoms with Crippen molar-refractivity contribution in [3.8, 4) is 0 Å². The Morgan fingerprint density at radius 1 is 1.34 bits per heavy atom. The van der Waals surface area contributed by atoms with Gasteiger partial charge in [-0.25, -0.2) is 5.43 Å². The van der Waals surface area contributed by atoms with E-state index in [4.69, 9.17) is 0 Å². The van der Waals surface area contributed by atoms with Crippen molar-refractivity contribution in [3.63, 3.8) is 0 Å². The van der Waals surface area contributed by atoms with Crippen LogP contribution in [0.15, 0.2) is 46.4 Å². The van der Waals surface area contributed by atoms with Crippen LogP contribution in [-0.2, 0) is 4.79 Å². The first kappa shape index (κ1) is 23.8. The first-order chi connectivity index (χ1) is 15.1. The molecule has 2 aromatic carbocycles. The molecule has 0 aliphatic carbocycles. The van der Waals surface area contributed by atoms with E-state index in [0.717, 1.165) is 29.0 Å². The van der Waals surface area contributed by atoms with Gasteiger partial charge in [-0.15, -0.1) is 11.8 Å². The summed E-state index contributed by atoms with van der Waals surface area (Å²) in [5, 5.41) is 14.9. The second-order valence-electron chi connectivity index (χ2n) is 8.76. The molecule has 32 heavy (non-hydrogen) atoms. The molecule has 1 atom stereocenters. The summed E-state index contributed by atoms with van der Waals surface area (Å²) >= 11 is 1.31. The number of aryl methyl sites for hydroxylation is 1. The molecule has 3 rings (SSSR count). The number of amides is 1. The summed E-state index contributed by atoms with van der Waals surface area (Å²) in [5.41, 5.74) is 7.44. The van der Waals surface area contributed by atoms with E-state index in [1.54, 1.807) is 18.3 Å². The summed E-state index contributed by atoms with van der Waals surface area (Å²) < 4.78 is 0. The molecule has 1 heterocycles. The smallest absolute Gasteiger partial charge is 0.269 e. The third-order valence-corrected chi connectivity index (χ3v) is 6.91. The molecule has 2 aromatic rings. The quantitative estimate of drug-likeness (QED) is 0.267.